The van der Waals surface area contributed by atoms with E-state index in [1.54, 1.807) is 17.9 Å². The second kappa shape index (κ2) is 5.88. The minimum atomic E-state index is -0.443. The molecule has 2 aromatic rings. The van der Waals surface area contributed by atoms with Crippen LogP contribution in [0.5, 0.6) is 0 Å². The number of aliphatic hydroxyl groups excluding tert-OH is 1. The summed E-state index contributed by atoms with van der Waals surface area (Å²) in [5, 5.41) is 17.9. The number of aliphatic hydroxyl groups is 1. The van der Waals surface area contributed by atoms with E-state index >= 15 is 0 Å². The van der Waals surface area contributed by atoms with E-state index in [1.165, 1.54) is 4.90 Å². The third-order valence-corrected chi connectivity index (χ3v) is 3.98. The lowest BCUT2D eigenvalue weighted by Crippen LogP contribution is -2.35. The molecule has 0 radical (unpaired) electrons. The zero-order valence-corrected chi connectivity index (χ0v) is 12.8. The normalized spacial score (nSPS) is 15.6. The van der Waals surface area contributed by atoms with Crippen LogP contribution in [0.25, 0.3) is 5.69 Å². The lowest BCUT2D eigenvalue weighted by Gasteiger charge is -2.19. The highest BCUT2D eigenvalue weighted by Crippen LogP contribution is 2.32. The Kier molecular flexibility index (Phi) is 3.94. The van der Waals surface area contributed by atoms with Crippen LogP contribution < -0.4 is 0 Å². The maximum Gasteiger partial charge on any atom is 0.275 e. The van der Waals surface area contributed by atoms with Gasteiger partial charge in [0.25, 0.3) is 5.91 Å². The molecule has 6 nitrogen and oxygen atoms in total. The van der Waals surface area contributed by atoms with E-state index in [1.807, 2.05) is 31.2 Å². The molecule has 1 unspecified atom stereocenters. The van der Waals surface area contributed by atoms with Crippen LogP contribution in [-0.4, -0.2) is 50.6 Å². The van der Waals surface area contributed by atoms with E-state index in [0.29, 0.717) is 12.5 Å². The fourth-order valence-electron chi connectivity index (χ4n) is 2.37. The van der Waals surface area contributed by atoms with Gasteiger partial charge in [-0.25, -0.2) is 4.68 Å². The number of aryl methyl sites for hydroxylation is 1. The van der Waals surface area contributed by atoms with Gasteiger partial charge in [0.05, 0.1) is 18.0 Å². The first-order valence-corrected chi connectivity index (χ1v) is 7.47. The highest BCUT2D eigenvalue weighted by Gasteiger charge is 2.31. The van der Waals surface area contributed by atoms with Crippen molar-refractivity contribution in [3.8, 4) is 5.69 Å². The zero-order valence-electron chi connectivity index (χ0n) is 12.8. The van der Waals surface area contributed by atoms with E-state index in [4.69, 9.17) is 0 Å². The molecular formula is C16H20N4O2. The number of hydrogen-bond acceptors (Lipinski definition) is 4. The monoisotopic (exact) mass is 300 g/mol. The molecule has 0 bridgehead atoms. The molecule has 1 aliphatic rings. The van der Waals surface area contributed by atoms with Gasteiger partial charge in [0.2, 0.25) is 0 Å². The van der Waals surface area contributed by atoms with Crippen LogP contribution in [-0.2, 0) is 0 Å². The first-order valence-electron chi connectivity index (χ1n) is 7.47. The van der Waals surface area contributed by atoms with E-state index in [-0.39, 0.29) is 11.6 Å². The number of rotatable bonds is 5. The SMILES string of the molecule is Cc1ccc(-n2cc(C(=O)N(C)CC(O)C3CC3)nn2)cc1. The minimum Gasteiger partial charge on any atom is -0.391 e. The number of hydrogen-bond donors (Lipinski definition) is 1. The van der Waals surface area contributed by atoms with Crippen molar-refractivity contribution in [2.45, 2.75) is 25.9 Å². The van der Waals surface area contributed by atoms with Gasteiger partial charge >= 0.3 is 0 Å². The number of carbonyl (C=O) groups excluding carboxylic acids is 1. The number of benzene rings is 1. The standard InChI is InChI=1S/C16H20N4O2/c1-11-3-7-13(8-4-11)20-9-14(17-18-20)16(22)19(2)10-15(21)12-5-6-12/h3-4,7-9,12,15,21H,5-6,10H2,1-2H3. The molecular weight excluding hydrogens is 280 g/mol. The molecule has 1 saturated carbocycles. The van der Waals surface area contributed by atoms with Crippen molar-refractivity contribution >= 4 is 5.91 Å². The third kappa shape index (κ3) is 3.17. The highest BCUT2D eigenvalue weighted by molar-refractivity contribution is 5.91. The Hall–Kier alpha value is -2.21. The lowest BCUT2D eigenvalue weighted by atomic mass is 10.2. The number of likely N-dealkylation sites (N-methyl/N-ethyl adjacent to an activating group) is 1. The summed E-state index contributed by atoms with van der Waals surface area (Å²) in [6.45, 7) is 2.35. The summed E-state index contributed by atoms with van der Waals surface area (Å²) in [6, 6.07) is 7.82. The Bertz CT molecular complexity index is 661. The number of aromatic nitrogens is 3. The highest BCUT2D eigenvalue weighted by atomic mass is 16.3. The van der Waals surface area contributed by atoms with E-state index in [0.717, 1.165) is 24.1 Å². The Balaban J connectivity index is 1.69. The van der Waals surface area contributed by atoms with Crippen LogP contribution >= 0.6 is 0 Å². The molecule has 6 heteroatoms. The van der Waals surface area contributed by atoms with E-state index in [9.17, 15) is 9.90 Å². The second-order valence-electron chi connectivity index (χ2n) is 5.97. The van der Waals surface area contributed by atoms with Crippen molar-refractivity contribution in [2.75, 3.05) is 13.6 Å². The largest absolute Gasteiger partial charge is 0.391 e. The minimum absolute atomic E-state index is 0.224. The Morgan fingerprint density at radius 2 is 2.09 bits per heavy atom. The molecule has 1 amide bonds. The summed E-state index contributed by atoms with van der Waals surface area (Å²) < 4.78 is 1.58. The Labute approximate surface area is 129 Å². The Morgan fingerprint density at radius 3 is 2.73 bits per heavy atom. The number of carbonyl (C=O) groups is 1. The third-order valence-electron chi connectivity index (χ3n) is 3.98. The molecule has 0 spiro atoms. The number of amides is 1. The van der Waals surface area contributed by atoms with Crippen LogP contribution in [0.2, 0.25) is 0 Å². The maximum atomic E-state index is 12.3. The summed E-state index contributed by atoms with van der Waals surface area (Å²) in [4.78, 5) is 13.8. The van der Waals surface area contributed by atoms with Gasteiger partial charge in [-0.05, 0) is 37.8 Å². The summed E-state index contributed by atoms with van der Waals surface area (Å²) in [6.07, 6.45) is 3.27. The van der Waals surface area contributed by atoms with Crippen molar-refractivity contribution in [3.63, 3.8) is 0 Å². The first kappa shape index (κ1) is 14.7. The zero-order chi connectivity index (χ0) is 15.7. The van der Waals surface area contributed by atoms with Crippen molar-refractivity contribution in [2.24, 2.45) is 5.92 Å². The fourth-order valence-corrected chi connectivity index (χ4v) is 2.37. The van der Waals surface area contributed by atoms with Gasteiger partial charge in [-0.1, -0.05) is 22.9 Å². The molecule has 0 saturated heterocycles. The van der Waals surface area contributed by atoms with Gasteiger partial charge < -0.3 is 10.0 Å². The quantitative estimate of drug-likeness (QED) is 0.906. The van der Waals surface area contributed by atoms with Crippen LogP contribution in [0.15, 0.2) is 30.5 Å². The second-order valence-corrected chi connectivity index (χ2v) is 5.97. The van der Waals surface area contributed by atoms with Crippen molar-refractivity contribution < 1.29 is 9.90 Å². The molecule has 1 N–H and O–H groups in total. The van der Waals surface area contributed by atoms with Crippen LogP contribution in [0.1, 0.15) is 28.9 Å². The summed E-state index contributed by atoms with van der Waals surface area (Å²) in [5.41, 5.74) is 2.30. The number of nitrogens with zero attached hydrogens (tertiary/aromatic N) is 4. The van der Waals surface area contributed by atoms with Crippen LogP contribution in [0, 0.1) is 12.8 Å². The Morgan fingerprint density at radius 1 is 1.41 bits per heavy atom. The van der Waals surface area contributed by atoms with Crippen molar-refractivity contribution in [1.82, 2.24) is 19.9 Å². The smallest absolute Gasteiger partial charge is 0.275 e. The molecule has 116 valence electrons. The molecule has 1 atom stereocenters. The van der Waals surface area contributed by atoms with Gasteiger partial charge in [-0.15, -0.1) is 5.10 Å². The van der Waals surface area contributed by atoms with Gasteiger partial charge in [0, 0.05) is 13.6 Å². The maximum absolute atomic E-state index is 12.3. The molecule has 3 rings (SSSR count). The van der Waals surface area contributed by atoms with Crippen molar-refractivity contribution in [3.05, 3.63) is 41.7 Å². The summed E-state index contributed by atoms with van der Waals surface area (Å²) in [5.74, 6) is 0.122. The summed E-state index contributed by atoms with van der Waals surface area (Å²) >= 11 is 0. The lowest BCUT2D eigenvalue weighted by molar-refractivity contribution is 0.0640. The summed E-state index contributed by atoms with van der Waals surface area (Å²) in [7, 11) is 1.68. The fraction of sp³-hybridized carbons (Fsp3) is 0.438. The predicted octanol–water partition coefficient (Wildman–Crippen LogP) is 1.42. The van der Waals surface area contributed by atoms with Crippen molar-refractivity contribution in [1.29, 1.82) is 0 Å². The van der Waals surface area contributed by atoms with Gasteiger partial charge in [0.1, 0.15) is 0 Å². The molecule has 1 fully saturated rings. The molecule has 0 aliphatic heterocycles. The van der Waals surface area contributed by atoms with Gasteiger partial charge in [-0.2, -0.15) is 0 Å². The first-order chi connectivity index (χ1) is 10.5. The van der Waals surface area contributed by atoms with E-state index < -0.39 is 6.10 Å². The predicted molar refractivity (Wildman–Crippen MR) is 81.8 cm³/mol. The average molecular weight is 300 g/mol. The van der Waals surface area contributed by atoms with Crippen LogP contribution in [0.3, 0.4) is 0 Å². The topological polar surface area (TPSA) is 71.2 Å². The van der Waals surface area contributed by atoms with Gasteiger partial charge in [0.15, 0.2) is 5.69 Å². The molecule has 1 aromatic carbocycles. The molecule has 22 heavy (non-hydrogen) atoms. The average Bonchev–Trinajstić information content (AvgIpc) is 3.25. The molecule has 1 aliphatic carbocycles. The molecule has 1 heterocycles. The molecule has 1 aromatic heterocycles. The van der Waals surface area contributed by atoms with Crippen LogP contribution in [0.4, 0.5) is 0 Å². The van der Waals surface area contributed by atoms with E-state index in [2.05, 4.69) is 10.3 Å². The van der Waals surface area contributed by atoms with Gasteiger partial charge in [-0.3, -0.25) is 4.79 Å².